The van der Waals surface area contributed by atoms with Crippen molar-refractivity contribution in [3.8, 4) is 0 Å². The Morgan fingerprint density at radius 1 is 1.35 bits per heavy atom. The van der Waals surface area contributed by atoms with E-state index in [-0.39, 0.29) is 18.2 Å². The molecule has 2 rings (SSSR count). The van der Waals surface area contributed by atoms with Gasteiger partial charge in [-0.25, -0.2) is 0 Å². The molecule has 0 saturated heterocycles. The van der Waals surface area contributed by atoms with Gasteiger partial charge in [-0.15, -0.1) is 0 Å². The van der Waals surface area contributed by atoms with Crippen LogP contribution in [0.5, 0.6) is 0 Å². The maximum absolute atomic E-state index is 12.1. The Balaban J connectivity index is 1.99. The third-order valence-electron chi connectivity index (χ3n) is 4.01. The van der Waals surface area contributed by atoms with Crippen molar-refractivity contribution in [3.63, 3.8) is 0 Å². The van der Waals surface area contributed by atoms with Crippen molar-refractivity contribution >= 4 is 11.7 Å². The number of aromatic nitrogens is 1. The number of hydrogen-bond acceptors (Lipinski definition) is 3. The van der Waals surface area contributed by atoms with Crippen LogP contribution in [0.25, 0.3) is 0 Å². The smallest absolute Gasteiger partial charge is 0.268 e. The summed E-state index contributed by atoms with van der Waals surface area (Å²) < 4.78 is 1.64. The quantitative estimate of drug-likeness (QED) is 0.823. The molecule has 1 fully saturated rings. The highest BCUT2D eigenvalue weighted by Crippen LogP contribution is 2.27. The second kappa shape index (κ2) is 5.79. The fraction of sp³-hybridized carbons (Fsp3) is 0.600. The minimum Gasteiger partial charge on any atom is -0.388 e. The maximum atomic E-state index is 12.1. The fourth-order valence-corrected chi connectivity index (χ4v) is 2.70. The lowest BCUT2D eigenvalue weighted by Crippen LogP contribution is -2.44. The zero-order valence-corrected chi connectivity index (χ0v) is 12.1. The first-order valence-electron chi connectivity index (χ1n) is 7.09. The number of aryl methyl sites for hydroxylation is 1. The van der Waals surface area contributed by atoms with Crippen LogP contribution in [-0.4, -0.2) is 33.5 Å². The first kappa shape index (κ1) is 14.8. The molecule has 5 nitrogen and oxygen atoms in total. The number of amides is 1. The number of carbonyl (C=O) groups excluding carboxylic acids is 2. The fourth-order valence-electron chi connectivity index (χ4n) is 2.70. The Morgan fingerprint density at radius 2 is 2.00 bits per heavy atom. The van der Waals surface area contributed by atoms with Crippen LogP contribution in [0.3, 0.4) is 0 Å². The normalized spacial score (nSPS) is 17.8. The molecule has 0 radical (unpaired) electrons. The number of rotatable bonds is 4. The number of ketones is 1. The highest BCUT2D eigenvalue weighted by molar-refractivity contribution is 5.99. The Morgan fingerprint density at radius 3 is 2.55 bits per heavy atom. The van der Waals surface area contributed by atoms with Crippen molar-refractivity contribution in [1.82, 2.24) is 9.88 Å². The molecule has 1 aliphatic rings. The van der Waals surface area contributed by atoms with Crippen molar-refractivity contribution in [3.05, 3.63) is 23.5 Å². The minimum absolute atomic E-state index is 0.0643. The van der Waals surface area contributed by atoms with Gasteiger partial charge in [-0.05, 0) is 25.8 Å². The molecule has 5 heteroatoms. The minimum atomic E-state index is -0.775. The van der Waals surface area contributed by atoms with Crippen molar-refractivity contribution in [2.24, 2.45) is 7.05 Å². The highest BCUT2D eigenvalue weighted by Gasteiger charge is 2.29. The van der Waals surface area contributed by atoms with Crippen LogP contribution in [0.4, 0.5) is 0 Å². The molecular weight excluding hydrogens is 256 g/mol. The summed E-state index contributed by atoms with van der Waals surface area (Å²) in [4.78, 5) is 23.4. The topological polar surface area (TPSA) is 71.3 Å². The molecule has 1 aromatic rings. The van der Waals surface area contributed by atoms with E-state index in [1.54, 1.807) is 23.9 Å². The molecule has 1 amide bonds. The van der Waals surface area contributed by atoms with E-state index < -0.39 is 5.60 Å². The summed E-state index contributed by atoms with van der Waals surface area (Å²) in [7, 11) is 1.73. The lowest BCUT2D eigenvalue weighted by molar-refractivity contribution is 0.00518. The molecule has 110 valence electrons. The predicted molar refractivity (Wildman–Crippen MR) is 75.8 cm³/mol. The van der Waals surface area contributed by atoms with Crippen LogP contribution in [0.1, 0.15) is 59.9 Å². The van der Waals surface area contributed by atoms with Crippen molar-refractivity contribution in [1.29, 1.82) is 0 Å². The molecule has 0 bridgehead atoms. The summed E-state index contributed by atoms with van der Waals surface area (Å²) in [5, 5.41) is 13.1. The van der Waals surface area contributed by atoms with E-state index in [1.165, 1.54) is 6.92 Å². The molecule has 1 aromatic heterocycles. The Bertz CT molecular complexity index is 513. The van der Waals surface area contributed by atoms with Crippen molar-refractivity contribution in [2.75, 3.05) is 6.54 Å². The van der Waals surface area contributed by atoms with Gasteiger partial charge in [0.25, 0.3) is 5.91 Å². The first-order chi connectivity index (χ1) is 9.41. The van der Waals surface area contributed by atoms with Crippen LogP contribution < -0.4 is 5.32 Å². The predicted octanol–water partition coefficient (Wildman–Crippen LogP) is 1.65. The van der Waals surface area contributed by atoms with E-state index in [1.807, 2.05) is 0 Å². The Labute approximate surface area is 119 Å². The zero-order chi connectivity index (χ0) is 14.8. The van der Waals surface area contributed by atoms with Gasteiger partial charge < -0.3 is 15.0 Å². The van der Waals surface area contributed by atoms with Crippen LogP contribution in [0.2, 0.25) is 0 Å². The van der Waals surface area contributed by atoms with Gasteiger partial charge in [0.15, 0.2) is 5.78 Å². The third kappa shape index (κ3) is 3.28. The maximum Gasteiger partial charge on any atom is 0.268 e. The summed E-state index contributed by atoms with van der Waals surface area (Å²) in [5.41, 5.74) is 0.186. The second-order valence-electron chi connectivity index (χ2n) is 5.75. The van der Waals surface area contributed by atoms with E-state index >= 15 is 0 Å². The van der Waals surface area contributed by atoms with Crippen LogP contribution in [-0.2, 0) is 7.05 Å². The molecule has 0 aromatic carbocycles. The largest absolute Gasteiger partial charge is 0.388 e. The number of nitrogens with one attached hydrogen (secondary N) is 1. The van der Waals surface area contributed by atoms with Gasteiger partial charge in [0.1, 0.15) is 5.69 Å². The summed E-state index contributed by atoms with van der Waals surface area (Å²) in [6.07, 6.45) is 6.27. The van der Waals surface area contributed by atoms with Gasteiger partial charge in [-0.2, -0.15) is 0 Å². The monoisotopic (exact) mass is 278 g/mol. The number of Topliss-reactive ketones (excluding diaryl/α,β-unsaturated/α-hetero) is 1. The average molecular weight is 278 g/mol. The lowest BCUT2D eigenvalue weighted by atomic mass is 9.85. The number of nitrogens with zero attached hydrogens (tertiary/aromatic N) is 1. The van der Waals surface area contributed by atoms with E-state index in [2.05, 4.69) is 5.32 Å². The first-order valence-corrected chi connectivity index (χ1v) is 7.09. The van der Waals surface area contributed by atoms with Crippen molar-refractivity contribution in [2.45, 2.75) is 44.6 Å². The molecule has 0 aliphatic heterocycles. The average Bonchev–Trinajstić information content (AvgIpc) is 2.79. The van der Waals surface area contributed by atoms with Crippen molar-refractivity contribution < 1.29 is 14.7 Å². The van der Waals surface area contributed by atoms with Gasteiger partial charge in [0.2, 0.25) is 0 Å². The number of carbonyl (C=O) groups is 2. The SMILES string of the molecule is CC(=O)c1cc(C(=O)NCC2(O)CCCCC2)n(C)c1. The summed E-state index contributed by atoms with van der Waals surface area (Å²) in [6, 6.07) is 1.59. The van der Waals surface area contributed by atoms with Gasteiger partial charge in [0, 0.05) is 25.4 Å². The standard InChI is InChI=1S/C15H22N2O3/c1-11(18)12-8-13(17(2)9-12)14(19)16-10-15(20)6-4-3-5-7-15/h8-9,20H,3-7,10H2,1-2H3,(H,16,19). The van der Waals surface area contributed by atoms with Crippen LogP contribution in [0.15, 0.2) is 12.3 Å². The Hall–Kier alpha value is -1.62. The molecule has 1 heterocycles. The van der Waals surface area contributed by atoms with E-state index in [0.29, 0.717) is 11.3 Å². The van der Waals surface area contributed by atoms with E-state index in [0.717, 1.165) is 32.1 Å². The number of aliphatic hydroxyl groups is 1. The summed E-state index contributed by atoms with van der Waals surface area (Å²) >= 11 is 0. The highest BCUT2D eigenvalue weighted by atomic mass is 16.3. The molecular formula is C15H22N2O3. The molecule has 0 unspecified atom stereocenters. The summed E-state index contributed by atoms with van der Waals surface area (Å²) in [6.45, 7) is 1.74. The lowest BCUT2D eigenvalue weighted by Gasteiger charge is -2.32. The van der Waals surface area contributed by atoms with E-state index in [9.17, 15) is 14.7 Å². The van der Waals surface area contributed by atoms with Crippen LogP contribution in [0, 0.1) is 0 Å². The van der Waals surface area contributed by atoms with Gasteiger partial charge in [0.05, 0.1) is 5.60 Å². The molecule has 0 spiro atoms. The second-order valence-corrected chi connectivity index (χ2v) is 5.75. The summed E-state index contributed by atoms with van der Waals surface area (Å²) in [5.74, 6) is -0.315. The van der Waals surface area contributed by atoms with E-state index in [4.69, 9.17) is 0 Å². The molecule has 1 aliphatic carbocycles. The molecule has 2 N–H and O–H groups in total. The molecule has 1 saturated carbocycles. The van der Waals surface area contributed by atoms with Gasteiger partial charge in [-0.3, -0.25) is 9.59 Å². The zero-order valence-electron chi connectivity index (χ0n) is 12.1. The third-order valence-corrected chi connectivity index (χ3v) is 4.01. The molecule has 20 heavy (non-hydrogen) atoms. The Kier molecular flexibility index (Phi) is 4.28. The number of hydrogen-bond donors (Lipinski definition) is 2. The van der Waals surface area contributed by atoms with Gasteiger partial charge >= 0.3 is 0 Å². The van der Waals surface area contributed by atoms with Crippen LogP contribution >= 0.6 is 0 Å². The van der Waals surface area contributed by atoms with Gasteiger partial charge in [-0.1, -0.05) is 19.3 Å². The molecule has 0 atom stereocenters.